The Morgan fingerprint density at radius 3 is 2.65 bits per heavy atom. The minimum absolute atomic E-state index is 0.0168. The molecule has 0 aromatic carbocycles. The third-order valence-corrected chi connectivity index (χ3v) is 4.60. The van der Waals surface area contributed by atoms with Crippen LogP contribution in [0.3, 0.4) is 0 Å². The van der Waals surface area contributed by atoms with E-state index in [2.05, 4.69) is 6.08 Å². The molecule has 5 heteroatoms. The van der Waals surface area contributed by atoms with Crippen LogP contribution in [-0.4, -0.2) is 46.9 Å². The number of fused-ring (bicyclic) bond motifs is 1. The largest absolute Gasteiger partial charge is 0.294 e. The Labute approximate surface area is 122 Å². The van der Waals surface area contributed by atoms with Gasteiger partial charge in [-0.05, 0) is 32.3 Å². The Balaban J connectivity index is 2.01. The minimum Gasteiger partial charge on any atom is -0.294 e. The quantitative estimate of drug-likeness (QED) is 0.450. The number of rotatable bonds is 4. The van der Waals surface area contributed by atoms with Crippen LogP contribution >= 0.6 is 10.5 Å². The summed E-state index contributed by atoms with van der Waals surface area (Å²) in [6.45, 7) is 2.23. The Bertz CT molecular complexity index is 517. The highest BCUT2D eigenvalue weighted by Crippen LogP contribution is 2.37. The van der Waals surface area contributed by atoms with Crippen molar-refractivity contribution in [3.05, 3.63) is 11.6 Å². The van der Waals surface area contributed by atoms with E-state index >= 15 is 0 Å². The number of allylic oxidation sites excluding steroid dienone is 2. The average molecular weight is 295 g/mol. The van der Waals surface area contributed by atoms with Gasteiger partial charge in [0.05, 0.1) is 11.8 Å². The molecule has 0 bridgehead atoms. The monoisotopic (exact) mass is 295 g/mol. The molecule has 2 atom stereocenters. The van der Waals surface area contributed by atoms with Crippen LogP contribution in [0.4, 0.5) is 0 Å². The van der Waals surface area contributed by atoms with Crippen molar-refractivity contribution in [2.45, 2.75) is 26.2 Å². The summed E-state index contributed by atoms with van der Waals surface area (Å²) in [6, 6.07) is 0. The molecule has 4 nitrogen and oxygen atoms in total. The van der Waals surface area contributed by atoms with Gasteiger partial charge in [-0.25, -0.2) is 0 Å². The van der Waals surface area contributed by atoms with E-state index in [1.165, 1.54) is 10.5 Å². The lowest BCUT2D eigenvalue weighted by Gasteiger charge is -2.19. The molecule has 2 aliphatic rings. The molecule has 0 saturated carbocycles. The van der Waals surface area contributed by atoms with Crippen molar-refractivity contribution >= 4 is 33.4 Å². The predicted octanol–water partition coefficient (Wildman–Crippen LogP) is 1.62. The van der Waals surface area contributed by atoms with Gasteiger partial charge in [0.15, 0.2) is 5.78 Å². The molecule has 0 radical (unpaired) electrons. The Morgan fingerprint density at radius 2 is 2.00 bits per heavy atom. The lowest BCUT2D eigenvalue weighted by Crippen LogP contribution is -2.33. The van der Waals surface area contributed by atoms with E-state index in [1.807, 2.05) is 19.4 Å². The summed E-state index contributed by atoms with van der Waals surface area (Å²) < 4.78 is 0. The van der Waals surface area contributed by atoms with Crippen LogP contribution in [0.1, 0.15) is 26.2 Å². The molecule has 0 aromatic heterocycles. The second-order valence-corrected chi connectivity index (χ2v) is 7.74. The topological polar surface area (TPSA) is 54.5 Å². The smallest absolute Gasteiger partial charge is 0.233 e. The number of hydrogen-bond acceptors (Lipinski definition) is 3. The number of Topliss-reactive ketones (excluding diaryl/α,β-unsaturated/α-hetero) is 1. The summed E-state index contributed by atoms with van der Waals surface area (Å²) in [6.07, 6.45) is 7.56. The minimum atomic E-state index is -0.197. The Morgan fingerprint density at radius 1 is 1.35 bits per heavy atom. The van der Waals surface area contributed by atoms with E-state index in [0.717, 1.165) is 0 Å². The van der Waals surface area contributed by atoms with Crippen molar-refractivity contribution in [3.63, 3.8) is 0 Å². The lowest BCUT2D eigenvalue weighted by atomic mass is 9.82. The standard InChI is InChI=1S/C15H21NO3S/c1-10-4-5-12-13(8-10)15(19)16(14(12)18)7-6-11(17)9-20(2)3/h4,9,12-13H,5-8H2,1-3H3. The normalized spacial score (nSPS) is 25.8. The number of amides is 2. The molecule has 0 spiro atoms. The third kappa shape index (κ3) is 3.08. The van der Waals surface area contributed by atoms with Crippen LogP contribution < -0.4 is 0 Å². The zero-order valence-corrected chi connectivity index (χ0v) is 13.0. The Kier molecular flexibility index (Phi) is 4.58. The van der Waals surface area contributed by atoms with E-state index in [1.54, 1.807) is 5.37 Å². The maximum Gasteiger partial charge on any atom is 0.233 e. The molecular weight excluding hydrogens is 274 g/mol. The zero-order valence-electron chi connectivity index (χ0n) is 12.2. The molecule has 2 amide bonds. The number of likely N-dealkylation sites (tertiary alicyclic amines) is 1. The van der Waals surface area contributed by atoms with Crippen molar-refractivity contribution in [2.24, 2.45) is 11.8 Å². The second kappa shape index (κ2) is 6.04. The molecule has 1 heterocycles. The highest BCUT2D eigenvalue weighted by molar-refractivity contribution is 8.14. The van der Waals surface area contributed by atoms with Crippen molar-refractivity contribution in [3.8, 4) is 0 Å². The van der Waals surface area contributed by atoms with Gasteiger partial charge in [0.2, 0.25) is 11.8 Å². The zero-order chi connectivity index (χ0) is 14.9. The number of carbonyl (C=O) groups excluding carboxylic acids is 3. The van der Waals surface area contributed by atoms with Crippen LogP contribution in [0.25, 0.3) is 0 Å². The fourth-order valence-corrected chi connectivity index (χ4v) is 3.51. The molecule has 0 aromatic rings. The first kappa shape index (κ1) is 15.2. The Hall–Kier alpha value is -1.23. The predicted molar refractivity (Wildman–Crippen MR) is 81.8 cm³/mol. The van der Waals surface area contributed by atoms with Crippen LogP contribution in [-0.2, 0) is 14.4 Å². The molecule has 1 saturated heterocycles. The number of hydrogen-bond donors (Lipinski definition) is 0. The van der Waals surface area contributed by atoms with Gasteiger partial charge in [-0.2, -0.15) is 10.5 Å². The molecular formula is C15H21NO3S. The van der Waals surface area contributed by atoms with E-state index in [0.29, 0.717) is 12.8 Å². The molecule has 1 aliphatic carbocycles. The molecule has 2 unspecified atom stereocenters. The highest BCUT2D eigenvalue weighted by atomic mass is 32.2. The molecule has 1 aliphatic heterocycles. The molecule has 110 valence electrons. The number of carbonyl (C=O) groups is 3. The first-order chi connectivity index (χ1) is 9.40. The number of ketones is 1. The van der Waals surface area contributed by atoms with Gasteiger partial charge in [0.1, 0.15) is 0 Å². The fraction of sp³-hybridized carbons (Fsp3) is 0.600. The summed E-state index contributed by atoms with van der Waals surface area (Å²) in [5.41, 5.74) is 1.18. The van der Waals surface area contributed by atoms with Crippen LogP contribution in [0.15, 0.2) is 11.6 Å². The SMILES string of the molecule is CC1=CCC2C(=O)N(CCC(=O)C=S(C)C)C(=O)C2C1. The first-order valence-electron chi connectivity index (χ1n) is 6.85. The van der Waals surface area contributed by atoms with Crippen molar-refractivity contribution in [1.82, 2.24) is 4.90 Å². The highest BCUT2D eigenvalue weighted by Gasteiger charge is 2.47. The van der Waals surface area contributed by atoms with Crippen molar-refractivity contribution < 1.29 is 14.4 Å². The molecule has 2 rings (SSSR count). The van der Waals surface area contributed by atoms with Crippen molar-refractivity contribution in [2.75, 3.05) is 19.1 Å². The van der Waals surface area contributed by atoms with E-state index in [-0.39, 0.29) is 52.9 Å². The van der Waals surface area contributed by atoms with E-state index in [9.17, 15) is 14.4 Å². The van der Waals surface area contributed by atoms with Crippen LogP contribution in [0.5, 0.6) is 0 Å². The van der Waals surface area contributed by atoms with Gasteiger partial charge in [-0.3, -0.25) is 19.3 Å². The summed E-state index contributed by atoms with van der Waals surface area (Å²) >= 11 is 0. The summed E-state index contributed by atoms with van der Waals surface area (Å²) in [7, 11) is -0.0494. The van der Waals surface area contributed by atoms with E-state index < -0.39 is 0 Å². The molecule has 1 fully saturated rings. The van der Waals surface area contributed by atoms with E-state index in [4.69, 9.17) is 0 Å². The van der Waals surface area contributed by atoms with Gasteiger partial charge >= 0.3 is 0 Å². The second-order valence-electron chi connectivity index (χ2n) is 5.75. The summed E-state index contributed by atoms with van der Waals surface area (Å²) in [4.78, 5) is 37.5. The van der Waals surface area contributed by atoms with Crippen LogP contribution in [0.2, 0.25) is 0 Å². The lowest BCUT2D eigenvalue weighted by molar-refractivity contribution is -0.140. The number of nitrogens with zero attached hydrogens (tertiary/aromatic N) is 1. The summed E-state index contributed by atoms with van der Waals surface area (Å²) in [5, 5.41) is 1.67. The average Bonchev–Trinajstić information content (AvgIpc) is 2.59. The van der Waals surface area contributed by atoms with Crippen LogP contribution in [0, 0.1) is 11.8 Å². The number of imide groups is 1. The van der Waals surface area contributed by atoms with Gasteiger partial charge in [-0.1, -0.05) is 11.6 Å². The van der Waals surface area contributed by atoms with Crippen molar-refractivity contribution in [1.29, 1.82) is 0 Å². The fourth-order valence-electron chi connectivity index (χ4n) is 2.87. The van der Waals surface area contributed by atoms with Gasteiger partial charge < -0.3 is 0 Å². The maximum atomic E-state index is 12.3. The van der Waals surface area contributed by atoms with Gasteiger partial charge in [0.25, 0.3) is 0 Å². The third-order valence-electron chi connectivity index (χ3n) is 3.86. The first-order valence-corrected chi connectivity index (χ1v) is 8.95. The molecule has 20 heavy (non-hydrogen) atoms. The van der Waals surface area contributed by atoms with Gasteiger partial charge in [0, 0.05) is 18.3 Å². The van der Waals surface area contributed by atoms with Gasteiger partial charge in [-0.15, -0.1) is 0 Å². The maximum absolute atomic E-state index is 12.3. The molecule has 0 N–H and O–H groups in total. The summed E-state index contributed by atoms with van der Waals surface area (Å²) in [5.74, 6) is -0.560.